The summed E-state index contributed by atoms with van der Waals surface area (Å²) in [6.45, 7) is 5.25. The zero-order chi connectivity index (χ0) is 11.4. The molecule has 1 aliphatic heterocycles. The molecule has 0 aliphatic carbocycles. The van der Waals surface area contributed by atoms with Crippen LogP contribution in [0, 0.1) is 0 Å². The molecule has 16 heavy (non-hydrogen) atoms. The Labute approximate surface area is 97.0 Å². The van der Waals surface area contributed by atoms with Gasteiger partial charge in [-0.05, 0) is 26.3 Å². The first kappa shape index (κ1) is 11.6. The van der Waals surface area contributed by atoms with Crippen molar-refractivity contribution in [1.29, 1.82) is 0 Å². The Morgan fingerprint density at radius 1 is 1.69 bits per heavy atom. The topological polar surface area (TPSA) is 39.1 Å². The van der Waals surface area contributed by atoms with Crippen LogP contribution in [0.25, 0.3) is 0 Å². The number of nitrogens with one attached hydrogen (secondary N) is 1. The highest BCUT2D eigenvalue weighted by molar-refractivity contribution is 5.10. The Hall–Kier alpha value is -0.870. The van der Waals surface area contributed by atoms with Crippen LogP contribution in [0.2, 0.25) is 0 Å². The number of methoxy groups -OCH3 is 1. The molecule has 1 aromatic heterocycles. The molecule has 2 unspecified atom stereocenters. The molecule has 0 saturated carbocycles. The fourth-order valence-electron chi connectivity index (χ4n) is 2.33. The molecular formula is C12H21N3O. The van der Waals surface area contributed by atoms with Crippen molar-refractivity contribution in [2.24, 2.45) is 0 Å². The summed E-state index contributed by atoms with van der Waals surface area (Å²) in [6.07, 6.45) is 6.23. The molecule has 0 spiro atoms. The van der Waals surface area contributed by atoms with Crippen molar-refractivity contribution >= 4 is 0 Å². The van der Waals surface area contributed by atoms with Crippen molar-refractivity contribution < 1.29 is 4.74 Å². The standard InChI is InChI=1S/C12H21N3O/c1-10(4-6-16-2)15-9-14-8-12(15)11-3-5-13-7-11/h8-11,13H,3-7H2,1-2H3. The molecule has 0 amide bonds. The molecule has 1 aliphatic rings. The molecule has 2 atom stereocenters. The normalized spacial score (nSPS) is 22.5. The highest BCUT2D eigenvalue weighted by Gasteiger charge is 2.21. The first-order chi connectivity index (χ1) is 7.83. The Bertz CT molecular complexity index is 318. The van der Waals surface area contributed by atoms with Gasteiger partial charge in [0.25, 0.3) is 0 Å². The molecule has 2 rings (SSSR count). The lowest BCUT2D eigenvalue weighted by molar-refractivity contribution is 0.180. The fourth-order valence-corrected chi connectivity index (χ4v) is 2.33. The van der Waals surface area contributed by atoms with Crippen molar-refractivity contribution in [3.05, 3.63) is 18.2 Å². The Morgan fingerprint density at radius 2 is 2.56 bits per heavy atom. The second kappa shape index (κ2) is 5.46. The van der Waals surface area contributed by atoms with Crippen LogP contribution in [0.15, 0.2) is 12.5 Å². The second-order valence-electron chi connectivity index (χ2n) is 4.55. The van der Waals surface area contributed by atoms with Crippen molar-refractivity contribution in [2.75, 3.05) is 26.8 Å². The van der Waals surface area contributed by atoms with Crippen LogP contribution in [-0.4, -0.2) is 36.4 Å². The molecule has 1 N–H and O–H groups in total. The van der Waals surface area contributed by atoms with Crippen molar-refractivity contribution in [2.45, 2.75) is 31.7 Å². The summed E-state index contributed by atoms with van der Waals surface area (Å²) >= 11 is 0. The fraction of sp³-hybridized carbons (Fsp3) is 0.750. The van der Waals surface area contributed by atoms with Gasteiger partial charge in [0, 0.05) is 44.1 Å². The minimum absolute atomic E-state index is 0.470. The van der Waals surface area contributed by atoms with Gasteiger partial charge in [0.15, 0.2) is 0 Å². The summed E-state index contributed by atoms with van der Waals surface area (Å²) in [7, 11) is 1.75. The van der Waals surface area contributed by atoms with E-state index in [4.69, 9.17) is 4.74 Å². The zero-order valence-corrected chi connectivity index (χ0v) is 10.1. The van der Waals surface area contributed by atoms with Gasteiger partial charge >= 0.3 is 0 Å². The summed E-state index contributed by atoms with van der Waals surface area (Å²) in [5, 5.41) is 3.40. The lowest BCUT2D eigenvalue weighted by Gasteiger charge is -2.19. The van der Waals surface area contributed by atoms with E-state index in [9.17, 15) is 0 Å². The van der Waals surface area contributed by atoms with Gasteiger partial charge in [-0.25, -0.2) is 4.98 Å². The predicted octanol–water partition coefficient (Wildman–Crippen LogP) is 1.56. The zero-order valence-electron chi connectivity index (χ0n) is 10.1. The third-order valence-electron chi connectivity index (χ3n) is 3.39. The van der Waals surface area contributed by atoms with Crippen molar-refractivity contribution in [1.82, 2.24) is 14.9 Å². The van der Waals surface area contributed by atoms with Gasteiger partial charge < -0.3 is 14.6 Å². The van der Waals surface area contributed by atoms with E-state index in [1.54, 1.807) is 7.11 Å². The average molecular weight is 223 g/mol. The summed E-state index contributed by atoms with van der Waals surface area (Å²) in [5.74, 6) is 0.632. The molecule has 0 aromatic carbocycles. The molecular weight excluding hydrogens is 202 g/mol. The summed E-state index contributed by atoms with van der Waals surface area (Å²) in [4.78, 5) is 4.29. The van der Waals surface area contributed by atoms with E-state index in [1.165, 1.54) is 12.1 Å². The van der Waals surface area contributed by atoms with E-state index in [1.807, 2.05) is 12.5 Å². The van der Waals surface area contributed by atoms with Gasteiger partial charge in [-0.15, -0.1) is 0 Å². The SMILES string of the molecule is COCCC(C)n1cncc1C1CCNC1. The van der Waals surface area contributed by atoms with Gasteiger partial charge in [-0.1, -0.05) is 0 Å². The molecule has 4 nitrogen and oxygen atoms in total. The smallest absolute Gasteiger partial charge is 0.0950 e. The van der Waals surface area contributed by atoms with Gasteiger partial charge in [-0.2, -0.15) is 0 Å². The Balaban J connectivity index is 2.05. The number of hydrogen-bond donors (Lipinski definition) is 1. The average Bonchev–Trinajstić information content (AvgIpc) is 2.94. The van der Waals surface area contributed by atoms with Gasteiger partial charge in [0.05, 0.1) is 6.33 Å². The first-order valence-corrected chi connectivity index (χ1v) is 6.04. The Kier molecular flexibility index (Phi) is 3.96. The largest absolute Gasteiger partial charge is 0.385 e. The lowest BCUT2D eigenvalue weighted by atomic mass is 10.0. The van der Waals surface area contributed by atoms with E-state index in [0.717, 1.165) is 26.1 Å². The van der Waals surface area contributed by atoms with E-state index < -0.39 is 0 Å². The molecule has 1 fully saturated rings. The number of rotatable bonds is 5. The van der Waals surface area contributed by atoms with Crippen LogP contribution in [0.1, 0.15) is 37.4 Å². The van der Waals surface area contributed by atoms with E-state index in [0.29, 0.717) is 12.0 Å². The van der Waals surface area contributed by atoms with Crippen LogP contribution in [0.5, 0.6) is 0 Å². The van der Waals surface area contributed by atoms with Crippen LogP contribution >= 0.6 is 0 Å². The molecule has 0 radical (unpaired) electrons. The first-order valence-electron chi connectivity index (χ1n) is 6.04. The van der Waals surface area contributed by atoms with E-state index in [2.05, 4.69) is 21.8 Å². The van der Waals surface area contributed by atoms with E-state index >= 15 is 0 Å². The number of nitrogens with zero attached hydrogens (tertiary/aromatic N) is 2. The molecule has 0 bridgehead atoms. The third-order valence-corrected chi connectivity index (χ3v) is 3.39. The maximum Gasteiger partial charge on any atom is 0.0950 e. The maximum absolute atomic E-state index is 5.13. The van der Waals surface area contributed by atoms with Crippen LogP contribution in [0.3, 0.4) is 0 Å². The molecule has 90 valence electrons. The Morgan fingerprint density at radius 3 is 3.25 bits per heavy atom. The monoisotopic (exact) mass is 223 g/mol. The minimum Gasteiger partial charge on any atom is -0.385 e. The second-order valence-corrected chi connectivity index (χ2v) is 4.55. The molecule has 1 saturated heterocycles. The number of aromatic nitrogens is 2. The van der Waals surface area contributed by atoms with Gasteiger partial charge in [0.1, 0.15) is 0 Å². The van der Waals surface area contributed by atoms with Crippen LogP contribution in [-0.2, 0) is 4.74 Å². The summed E-state index contributed by atoms with van der Waals surface area (Å²) < 4.78 is 7.43. The van der Waals surface area contributed by atoms with E-state index in [-0.39, 0.29) is 0 Å². The maximum atomic E-state index is 5.13. The minimum atomic E-state index is 0.470. The summed E-state index contributed by atoms with van der Waals surface area (Å²) in [5.41, 5.74) is 1.37. The molecule has 4 heteroatoms. The molecule has 2 heterocycles. The van der Waals surface area contributed by atoms with Gasteiger partial charge in [0.2, 0.25) is 0 Å². The number of imidazole rings is 1. The third kappa shape index (κ3) is 2.44. The van der Waals surface area contributed by atoms with Crippen molar-refractivity contribution in [3.63, 3.8) is 0 Å². The highest BCUT2D eigenvalue weighted by atomic mass is 16.5. The lowest BCUT2D eigenvalue weighted by Crippen LogP contribution is -2.14. The molecule has 1 aromatic rings. The van der Waals surface area contributed by atoms with Crippen LogP contribution in [0.4, 0.5) is 0 Å². The number of ether oxygens (including phenoxy) is 1. The quantitative estimate of drug-likeness (QED) is 0.823. The highest BCUT2D eigenvalue weighted by Crippen LogP contribution is 2.25. The van der Waals surface area contributed by atoms with Crippen LogP contribution < -0.4 is 5.32 Å². The summed E-state index contributed by atoms with van der Waals surface area (Å²) in [6, 6.07) is 0.470. The number of hydrogen-bond acceptors (Lipinski definition) is 3. The predicted molar refractivity (Wildman–Crippen MR) is 63.7 cm³/mol. The van der Waals surface area contributed by atoms with Crippen molar-refractivity contribution in [3.8, 4) is 0 Å². The van der Waals surface area contributed by atoms with Gasteiger partial charge in [-0.3, -0.25) is 0 Å².